The van der Waals surface area contributed by atoms with Gasteiger partial charge in [-0.15, -0.1) is 0 Å². The van der Waals surface area contributed by atoms with Crippen molar-refractivity contribution in [3.8, 4) is 0 Å². The second-order valence-electron chi connectivity index (χ2n) is 5.61. The zero-order valence-corrected chi connectivity index (χ0v) is 12.6. The molecule has 1 saturated heterocycles. The van der Waals surface area contributed by atoms with Gasteiger partial charge in [-0.25, -0.2) is 0 Å². The van der Waals surface area contributed by atoms with Crippen molar-refractivity contribution in [1.29, 1.82) is 0 Å². The second kappa shape index (κ2) is 8.31. The summed E-state index contributed by atoms with van der Waals surface area (Å²) in [5.41, 5.74) is 0. The summed E-state index contributed by atoms with van der Waals surface area (Å²) in [7, 11) is 0. The van der Waals surface area contributed by atoms with E-state index in [1.165, 1.54) is 0 Å². The number of carbonyl (C=O) groups is 2. The minimum Gasteiger partial charge on any atom is -0.355 e. The summed E-state index contributed by atoms with van der Waals surface area (Å²) in [6.45, 7) is 7.43. The van der Waals surface area contributed by atoms with E-state index in [0.717, 1.165) is 45.2 Å². The summed E-state index contributed by atoms with van der Waals surface area (Å²) in [6.07, 6.45) is 6.07. The molecule has 1 heterocycles. The smallest absolute Gasteiger partial charge is 0.237 e. The largest absolute Gasteiger partial charge is 0.355 e. The Bertz CT molecular complexity index is 305. The Hall–Kier alpha value is -0.900. The van der Waals surface area contributed by atoms with Crippen molar-refractivity contribution in [1.82, 2.24) is 10.2 Å². The molecule has 0 bridgehead atoms. The lowest BCUT2D eigenvalue weighted by molar-refractivity contribution is -0.127. The maximum Gasteiger partial charge on any atom is 0.237 e. The van der Waals surface area contributed by atoms with Crippen molar-refractivity contribution in [2.24, 2.45) is 0 Å². The molecule has 4 nitrogen and oxygen atoms in total. The molecule has 0 spiro atoms. The first-order valence-corrected chi connectivity index (χ1v) is 7.59. The van der Waals surface area contributed by atoms with Gasteiger partial charge in [0.05, 0.1) is 6.04 Å². The molecule has 1 rings (SSSR count). The molecule has 2 unspecified atom stereocenters. The first-order chi connectivity index (χ1) is 9.06. The molecule has 0 saturated carbocycles. The number of amides is 1. The molecule has 1 fully saturated rings. The minimum atomic E-state index is -0.117. The normalized spacial score (nSPS) is 21.3. The van der Waals surface area contributed by atoms with Crippen LogP contribution in [0, 0.1) is 0 Å². The van der Waals surface area contributed by atoms with E-state index in [1.807, 2.05) is 6.92 Å². The van der Waals surface area contributed by atoms with Gasteiger partial charge in [-0.3, -0.25) is 14.5 Å². The Labute approximate surface area is 116 Å². The molecule has 4 heteroatoms. The highest BCUT2D eigenvalue weighted by Crippen LogP contribution is 2.22. The van der Waals surface area contributed by atoms with Crippen LogP contribution in [0.4, 0.5) is 0 Å². The van der Waals surface area contributed by atoms with Crippen LogP contribution in [0.15, 0.2) is 0 Å². The third kappa shape index (κ3) is 5.31. The van der Waals surface area contributed by atoms with Crippen LogP contribution in [0.25, 0.3) is 0 Å². The predicted octanol–water partition coefficient (Wildman–Crippen LogP) is 2.12. The maximum atomic E-state index is 12.1. The van der Waals surface area contributed by atoms with E-state index in [9.17, 15) is 9.59 Å². The van der Waals surface area contributed by atoms with Crippen LogP contribution in [0.1, 0.15) is 59.3 Å². The van der Waals surface area contributed by atoms with Crippen LogP contribution in [-0.4, -0.2) is 41.8 Å². The average molecular weight is 268 g/mol. The van der Waals surface area contributed by atoms with Crippen molar-refractivity contribution >= 4 is 11.7 Å². The van der Waals surface area contributed by atoms with Gasteiger partial charge in [0.1, 0.15) is 5.78 Å². The summed E-state index contributed by atoms with van der Waals surface area (Å²) >= 11 is 0. The molecule has 1 amide bonds. The number of carbonyl (C=O) groups excluding carboxylic acids is 2. The number of hydrogen-bond donors (Lipinski definition) is 1. The van der Waals surface area contributed by atoms with Gasteiger partial charge in [-0.05, 0) is 39.7 Å². The predicted molar refractivity (Wildman–Crippen MR) is 77.0 cm³/mol. The van der Waals surface area contributed by atoms with Crippen molar-refractivity contribution in [3.63, 3.8) is 0 Å². The average Bonchev–Trinajstić information content (AvgIpc) is 2.80. The monoisotopic (exact) mass is 268 g/mol. The standard InChI is InChI=1S/C15H28N2O2/c1-4-5-6-9-16-15(19)13(3)17-10-7-8-14(17)11-12(2)18/h13-14H,4-11H2,1-3H3,(H,16,19). The maximum absolute atomic E-state index is 12.1. The van der Waals surface area contributed by atoms with Crippen LogP contribution >= 0.6 is 0 Å². The van der Waals surface area contributed by atoms with Gasteiger partial charge in [0, 0.05) is 19.0 Å². The first-order valence-electron chi connectivity index (χ1n) is 7.59. The SMILES string of the molecule is CCCCCNC(=O)C(C)N1CCCC1CC(C)=O. The van der Waals surface area contributed by atoms with E-state index < -0.39 is 0 Å². The molecule has 1 aliphatic heterocycles. The van der Waals surface area contributed by atoms with Crippen LogP contribution in [0.3, 0.4) is 0 Å². The molecule has 110 valence electrons. The number of Topliss-reactive ketones (excluding diaryl/α,β-unsaturated/α-hetero) is 1. The quantitative estimate of drug-likeness (QED) is 0.686. The van der Waals surface area contributed by atoms with E-state index in [2.05, 4.69) is 17.1 Å². The van der Waals surface area contributed by atoms with Crippen molar-refractivity contribution < 1.29 is 9.59 Å². The topological polar surface area (TPSA) is 49.4 Å². The van der Waals surface area contributed by atoms with Gasteiger partial charge in [0.2, 0.25) is 5.91 Å². The molecular formula is C15H28N2O2. The molecule has 0 aromatic rings. The second-order valence-corrected chi connectivity index (χ2v) is 5.61. The van der Waals surface area contributed by atoms with Crippen LogP contribution in [0.5, 0.6) is 0 Å². The number of ketones is 1. The third-order valence-electron chi connectivity index (χ3n) is 3.90. The highest BCUT2D eigenvalue weighted by molar-refractivity contribution is 5.81. The molecule has 0 aromatic carbocycles. The number of likely N-dealkylation sites (tertiary alicyclic amines) is 1. The number of hydrogen-bond acceptors (Lipinski definition) is 3. The van der Waals surface area contributed by atoms with E-state index >= 15 is 0 Å². The fourth-order valence-corrected chi connectivity index (χ4v) is 2.80. The molecule has 1 N–H and O–H groups in total. The number of nitrogens with one attached hydrogen (secondary N) is 1. The highest BCUT2D eigenvalue weighted by Gasteiger charge is 2.32. The first kappa shape index (κ1) is 16.2. The molecule has 2 atom stereocenters. The molecule has 0 radical (unpaired) electrons. The van der Waals surface area contributed by atoms with Crippen LogP contribution in [-0.2, 0) is 9.59 Å². The Balaban J connectivity index is 2.39. The van der Waals surface area contributed by atoms with Crippen LogP contribution < -0.4 is 5.32 Å². The fourth-order valence-electron chi connectivity index (χ4n) is 2.80. The lowest BCUT2D eigenvalue weighted by Crippen LogP contribution is -2.47. The Kier molecular flexibility index (Phi) is 7.06. The highest BCUT2D eigenvalue weighted by atomic mass is 16.2. The Morgan fingerprint density at radius 2 is 2.11 bits per heavy atom. The molecular weight excluding hydrogens is 240 g/mol. The zero-order valence-electron chi connectivity index (χ0n) is 12.6. The Morgan fingerprint density at radius 3 is 2.74 bits per heavy atom. The molecule has 1 aliphatic rings. The van der Waals surface area contributed by atoms with Gasteiger partial charge in [-0.2, -0.15) is 0 Å². The van der Waals surface area contributed by atoms with Gasteiger partial charge in [0.25, 0.3) is 0 Å². The van der Waals surface area contributed by atoms with Crippen molar-refractivity contribution in [2.75, 3.05) is 13.1 Å². The lowest BCUT2D eigenvalue weighted by atomic mass is 10.1. The van der Waals surface area contributed by atoms with E-state index in [4.69, 9.17) is 0 Å². The molecule has 0 aliphatic carbocycles. The summed E-state index contributed by atoms with van der Waals surface area (Å²) in [5.74, 6) is 0.319. The van der Waals surface area contributed by atoms with E-state index in [1.54, 1.807) is 6.92 Å². The number of nitrogens with zero attached hydrogens (tertiary/aromatic N) is 1. The van der Waals surface area contributed by atoms with Crippen molar-refractivity contribution in [3.05, 3.63) is 0 Å². The van der Waals surface area contributed by atoms with Gasteiger partial charge >= 0.3 is 0 Å². The number of unbranched alkanes of at least 4 members (excludes halogenated alkanes) is 2. The van der Waals surface area contributed by atoms with Gasteiger partial charge in [-0.1, -0.05) is 19.8 Å². The van der Waals surface area contributed by atoms with E-state index in [0.29, 0.717) is 6.42 Å². The molecule has 0 aromatic heterocycles. The zero-order chi connectivity index (χ0) is 14.3. The van der Waals surface area contributed by atoms with Gasteiger partial charge < -0.3 is 5.32 Å². The fraction of sp³-hybridized carbons (Fsp3) is 0.867. The third-order valence-corrected chi connectivity index (χ3v) is 3.90. The summed E-state index contributed by atoms with van der Waals surface area (Å²) in [5, 5.41) is 3.00. The summed E-state index contributed by atoms with van der Waals surface area (Å²) in [6, 6.07) is 0.141. The Morgan fingerprint density at radius 1 is 1.37 bits per heavy atom. The number of rotatable bonds is 8. The summed E-state index contributed by atoms with van der Waals surface area (Å²) in [4.78, 5) is 25.5. The molecule has 19 heavy (non-hydrogen) atoms. The van der Waals surface area contributed by atoms with Crippen LogP contribution in [0.2, 0.25) is 0 Å². The van der Waals surface area contributed by atoms with Crippen molar-refractivity contribution in [2.45, 2.75) is 71.4 Å². The summed E-state index contributed by atoms with van der Waals surface area (Å²) < 4.78 is 0. The van der Waals surface area contributed by atoms with Gasteiger partial charge in [0.15, 0.2) is 0 Å². The minimum absolute atomic E-state index is 0.103. The van der Waals surface area contributed by atoms with E-state index in [-0.39, 0.29) is 23.8 Å². The lowest BCUT2D eigenvalue weighted by Gasteiger charge is -2.29.